The number of anilines is 1. The Morgan fingerprint density at radius 1 is 1.10 bits per heavy atom. The average Bonchev–Trinajstić information content (AvgIpc) is 3.64. The maximum atomic E-state index is 13.7. The van der Waals surface area contributed by atoms with Crippen molar-refractivity contribution in [3.63, 3.8) is 0 Å². The molecular weight excluding hydrogens is 556 g/mol. The number of hydrogen-bond acceptors (Lipinski definition) is 7. The van der Waals surface area contributed by atoms with Gasteiger partial charge in [-0.3, -0.25) is 9.69 Å². The number of sulfonamides is 1. The van der Waals surface area contributed by atoms with E-state index >= 15 is 0 Å². The summed E-state index contributed by atoms with van der Waals surface area (Å²) in [5, 5.41) is 4.71. The Bertz CT molecular complexity index is 1610. The van der Waals surface area contributed by atoms with Gasteiger partial charge in [0.2, 0.25) is 15.9 Å². The zero-order chi connectivity index (χ0) is 27.3. The first kappa shape index (κ1) is 26.5. The minimum Gasteiger partial charge on any atom is -0.316 e. The molecule has 39 heavy (non-hydrogen) atoms. The van der Waals surface area contributed by atoms with Crippen molar-refractivity contribution in [1.29, 1.82) is 0 Å². The molecule has 6 rings (SSSR count). The Kier molecular flexibility index (Phi) is 7.05. The number of hydrogen-bond donors (Lipinski definition) is 1. The minimum absolute atomic E-state index is 0.0147. The van der Waals surface area contributed by atoms with Crippen LogP contribution in [-0.2, 0) is 27.8 Å². The van der Waals surface area contributed by atoms with Crippen molar-refractivity contribution in [2.24, 2.45) is 0 Å². The smallest absolute Gasteiger partial charge is 0.243 e. The van der Waals surface area contributed by atoms with E-state index in [9.17, 15) is 17.6 Å². The monoisotopic (exact) mass is 584 g/mol. The van der Waals surface area contributed by atoms with E-state index in [0.717, 1.165) is 57.4 Å². The molecule has 4 heterocycles. The van der Waals surface area contributed by atoms with Crippen molar-refractivity contribution in [3.05, 3.63) is 64.8 Å². The van der Waals surface area contributed by atoms with E-state index in [4.69, 9.17) is 4.98 Å². The van der Waals surface area contributed by atoms with Gasteiger partial charge in [0.25, 0.3) is 0 Å². The predicted molar refractivity (Wildman–Crippen MR) is 154 cm³/mol. The van der Waals surface area contributed by atoms with E-state index in [0.29, 0.717) is 18.9 Å². The van der Waals surface area contributed by atoms with Gasteiger partial charge in [-0.05, 0) is 75.1 Å². The summed E-state index contributed by atoms with van der Waals surface area (Å²) in [6.07, 6.45) is 1.86. The Morgan fingerprint density at radius 2 is 1.87 bits per heavy atom. The van der Waals surface area contributed by atoms with Gasteiger partial charge in [0.15, 0.2) is 0 Å². The molecular formula is C28H29FN4O3S3. The van der Waals surface area contributed by atoms with Crippen LogP contribution in [0.3, 0.4) is 0 Å². The van der Waals surface area contributed by atoms with E-state index in [-0.39, 0.29) is 17.3 Å². The van der Waals surface area contributed by atoms with Crippen molar-refractivity contribution in [3.8, 4) is 10.6 Å². The summed E-state index contributed by atoms with van der Waals surface area (Å²) < 4.78 is 42.5. The highest BCUT2D eigenvalue weighted by Crippen LogP contribution is 2.46. The average molecular weight is 585 g/mol. The quantitative estimate of drug-likeness (QED) is 0.313. The van der Waals surface area contributed by atoms with Crippen LogP contribution in [0.25, 0.3) is 20.8 Å². The number of carbonyl (C=O) groups excluding carboxylic acids is 1. The maximum absolute atomic E-state index is 13.7. The summed E-state index contributed by atoms with van der Waals surface area (Å²) in [5.41, 5.74) is 3.09. The van der Waals surface area contributed by atoms with E-state index < -0.39 is 21.9 Å². The van der Waals surface area contributed by atoms with Crippen LogP contribution >= 0.6 is 22.7 Å². The van der Waals surface area contributed by atoms with Gasteiger partial charge in [0.05, 0.1) is 15.1 Å². The lowest BCUT2D eigenvalue weighted by Gasteiger charge is -2.30. The molecule has 1 saturated heterocycles. The van der Waals surface area contributed by atoms with Crippen molar-refractivity contribution < 1.29 is 17.6 Å². The summed E-state index contributed by atoms with van der Waals surface area (Å²) >= 11 is 3.17. The van der Waals surface area contributed by atoms with Crippen LogP contribution in [-0.4, -0.2) is 53.7 Å². The predicted octanol–water partition coefficient (Wildman–Crippen LogP) is 5.72. The number of fused-ring (bicyclic) bond motifs is 2. The molecule has 0 radical (unpaired) electrons. The van der Waals surface area contributed by atoms with Gasteiger partial charge in [0, 0.05) is 36.1 Å². The Labute approximate surface area is 235 Å². The molecule has 1 amide bonds. The fourth-order valence-electron chi connectivity index (χ4n) is 5.38. The molecule has 1 N–H and O–H groups in total. The van der Waals surface area contributed by atoms with E-state index in [1.54, 1.807) is 22.7 Å². The Hall–Kier alpha value is -2.70. The van der Waals surface area contributed by atoms with Crippen LogP contribution in [0.15, 0.2) is 53.4 Å². The summed E-state index contributed by atoms with van der Waals surface area (Å²) in [6, 6.07) is 12.3. The number of amides is 1. The van der Waals surface area contributed by atoms with Crippen LogP contribution in [0.5, 0.6) is 0 Å². The molecule has 204 valence electrons. The topological polar surface area (TPSA) is 82.6 Å². The highest BCUT2D eigenvalue weighted by Gasteiger charge is 2.40. The van der Waals surface area contributed by atoms with Crippen LogP contribution in [0.2, 0.25) is 0 Å². The van der Waals surface area contributed by atoms with Gasteiger partial charge in [-0.1, -0.05) is 12.1 Å². The second kappa shape index (κ2) is 10.4. The van der Waals surface area contributed by atoms with E-state index in [2.05, 4.69) is 24.1 Å². The van der Waals surface area contributed by atoms with Gasteiger partial charge < -0.3 is 5.32 Å². The highest BCUT2D eigenvalue weighted by atomic mass is 32.2. The third-order valence-electron chi connectivity index (χ3n) is 7.49. The van der Waals surface area contributed by atoms with Gasteiger partial charge in [0.1, 0.15) is 21.9 Å². The summed E-state index contributed by atoms with van der Waals surface area (Å²) in [4.78, 5) is 22.2. The van der Waals surface area contributed by atoms with Crippen LogP contribution in [0.1, 0.15) is 37.1 Å². The Morgan fingerprint density at radius 3 is 2.62 bits per heavy atom. The largest absolute Gasteiger partial charge is 0.316 e. The van der Waals surface area contributed by atoms with Crippen LogP contribution in [0, 0.1) is 5.82 Å². The molecule has 1 fully saturated rings. The Balaban J connectivity index is 1.35. The molecule has 1 unspecified atom stereocenters. The second-order valence-corrected chi connectivity index (χ2v) is 14.3. The van der Waals surface area contributed by atoms with Crippen LogP contribution in [0.4, 0.5) is 9.39 Å². The maximum Gasteiger partial charge on any atom is 0.243 e. The van der Waals surface area contributed by atoms with E-state index in [1.165, 1.54) is 26.9 Å². The third-order valence-corrected chi connectivity index (χ3v) is 11.6. The lowest BCUT2D eigenvalue weighted by atomic mass is 10.0. The first-order valence-corrected chi connectivity index (χ1v) is 16.1. The molecule has 2 aliphatic heterocycles. The lowest BCUT2D eigenvalue weighted by Crippen LogP contribution is -2.43. The number of para-hydroxylation sites is 1. The number of nitrogens with one attached hydrogen (secondary N) is 1. The number of nitrogens with zero attached hydrogens (tertiary/aromatic N) is 3. The molecule has 1 atom stereocenters. The molecule has 11 heteroatoms. The molecule has 0 spiro atoms. The van der Waals surface area contributed by atoms with Crippen molar-refractivity contribution in [2.45, 2.75) is 56.6 Å². The number of rotatable bonds is 6. The zero-order valence-electron chi connectivity index (χ0n) is 21.7. The van der Waals surface area contributed by atoms with Crippen molar-refractivity contribution in [1.82, 2.24) is 14.2 Å². The number of aromatic nitrogens is 1. The first-order chi connectivity index (χ1) is 18.7. The zero-order valence-corrected chi connectivity index (χ0v) is 24.1. The molecule has 0 saturated carbocycles. The molecule has 7 nitrogen and oxygen atoms in total. The molecule has 2 aromatic heterocycles. The van der Waals surface area contributed by atoms with Crippen molar-refractivity contribution >= 4 is 53.8 Å². The van der Waals surface area contributed by atoms with Crippen molar-refractivity contribution in [2.75, 3.05) is 18.4 Å². The van der Waals surface area contributed by atoms with Crippen LogP contribution < -0.4 is 5.32 Å². The first-order valence-electron chi connectivity index (χ1n) is 13.0. The van der Waals surface area contributed by atoms with Gasteiger partial charge in [-0.15, -0.1) is 22.7 Å². The number of thiazole rings is 1. The molecule has 2 aromatic carbocycles. The SMILES string of the molecule is CC(C)N1CCc2c(sc(NC(=O)C3CCCN3S(=O)(=O)c3ccc(F)cc3)c2-c2nc3ccccc3s2)C1. The van der Waals surface area contributed by atoms with Gasteiger partial charge in [-0.2, -0.15) is 4.31 Å². The second-order valence-electron chi connectivity index (χ2n) is 10.2. The molecule has 0 bridgehead atoms. The molecule has 4 aromatic rings. The van der Waals surface area contributed by atoms with E-state index in [1.807, 2.05) is 24.3 Å². The number of benzene rings is 2. The summed E-state index contributed by atoms with van der Waals surface area (Å²) in [7, 11) is -3.95. The fourth-order valence-corrected chi connectivity index (χ4v) is 9.43. The molecule has 2 aliphatic rings. The lowest BCUT2D eigenvalue weighted by molar-refractivity contribution is -0.119. The number of carbonyl (C=O) groups is 1. The molecule has 0 aliphatic carbocycles. The fraction of sp³-hybridized carbons (Fsp3) is 0.357. The number of halogens is 1. The number of thiophene rings is 1. The summed E-state index contributed by atoms with van der Waals surface area (Å²) in [5.74, 6) is -0.857. The highest BCUT2D eigenvalue weighted by molar-refractivity contribution is 7.89. The minimum atomic E-state index is -3.95. The standard InChI is InChI=1S/C28H29FN4O3S3/c1-17(2)32-15-13-20-24(16-32)38-28(25(20)27-30-21-6-3-4-8-23(21)37-27)31-26(34)22-7-5-14-33(22)39(35,36)19-11-9-18(29)10-12-19/h3-4,6,8-12,17,22H,5,7,13-16H2,1-2H3,(H,31,34). The normalized spacial score (nSPS) is 18.6. The van der Waals surface area contributed by atoms with Gasteiger partial charge >= 0.3 is 0 Å². The third kappa shape index (κ3) is 4.91. The van der Waals surface area contributed by atoms with Gasteiger partial charge in [-0.25, -0.2) is 17.8 Å². The summed E-state index contributed by atoms with van der Waals surface area (Å²) in [6.45, 7) is 6.35.